The zero-order chi connectivity index (χ0) is 15.1. The standard InChI is InChI=1S/C15H21N5O2/c1-9-5-12(17-16-9)6-11-7-20(8-13(11)21)15-19-18-14(22-15)10-3-2-4-10/h5,10-11,13,21H,2-4,6-8H2,1H3,(H,16,17)/t11-,13-/m1/s1. The third kappa shape index (κ3) is 2.49. The van der Waals surface area contributed by atoms with Crippen LogP contribution in [0.1, 0.15) is 42.5 Å². The molecule has 2 aromatic rings. The predicted molar refractivity (Wildman–Crippen MR) is 79.6 cm³/mol. The molecule has 22 heavy (non-hydrogen) atoms. The normalized spacial score (nSPS) is 25.6. The molecule has 1 aliphatic carbocycles. The van der Waals surface area contributed by atoms with Crippen molar-refractivity contribution < 1.29 is 9.52 Å². The van der Waals surface area contributed by atoms with Gasteiger partial charge in [-0.1, -0.05) is 11.5 Å². The van der Waals surface area contributed by atoms with Gasteiger partial charge in [0.05, 0.1) is 11.8 Å². The fourth-order valence-corrected chi connectivity index (χ4v) is 3.23. The minimum atomic E-state index is -0.393. The summed E-state index contributed by atoms with van der Waals surface area (Å²) >= 11 is 0. The Balaban J connectivity index is 1.42. The molecular formula is C15H21N5O2. The van der Waals surface area contributed by atoms with Gasteiger partial charge in [0.25, 0.3) is 0 Å². The highest BCUT2D eigenvalue weighted by molar-refractivity contribution is 5.29. The summed E-state index contributed by atoms with van der Waals surface area (Å²) in [6.45, 7) is 3.24. The highest BCUT2D eigenvalue weighted by atomic mass is 16.4. The molecule has 7 nitrogen and oxygen atoms in total. The number of H-pyrrole nitrogens is 1. The first kappa shape index (κ1) is 13.8. The summed E-state index contributed by atoms with van der Waals surface area (Å²) in [6, 6.07) is 2.57. The van der Waals surface area contributed by atoms with Crippen LogP contribution in [0.3, 0.4) is 0 Å². The first-order valence-electron chi connectivity index (χ1n) is 7.96. The number of aliphatic hydroxyl groups is 1. The maximum absolute atomic E-state index is 10.3. The Morgan fingerprint density at radius 3 is 2.91 bits per heavy atom. The Kier molecular flexibility index (Phi) is 3.37. The molecule has 2 aromatic heterocycles. The molecule has 7 heteroatoms. The zero-order valence-corrected chi connectivity index (χ0v) is 12.7. The van der Waals surface area contributed by atoms with Gasteiger partial charge in [0, 0.05) is 30.6 Å². The first-order valence-corrected chi connectivity index (χ1v) is 7.96. The van der Waals surface area contributed by atoms with Crippen LogP contribution in [0.5, 0.6) is 0 Å². The number of nitrogens with one attached hydrogen (secondary N) is 1. The van der Waals surface area contributed by atoms with Crippen molar-refractivity contribution in [3.63, 3.8) is 0 Å². The van der Waals surface area contributed by atoms with E-state index in [4.69, 9.17) is 4.42 Å². The number of aryl methyl sites for hydroxylation is 1. The van der Waals surface area contributed by atoms with Gasteiger partial charge in [0.2, 0.25) is 5.89 Å². The van der Waals surface area contributed by atoms with Gasteiger partial charge in [0.15, 0.2) is 0 Å². The number of β-amino-alcohol motifs (C(OH)–C–C–N with tert-alkyl or cyclic N) is 1. The summed E-state index contributed by atoms with van der Waals surface area (Å²) in [5.41, 5.74) is 2.03. The molecule has 2 aliphatic rings. The maximum Gasteiger partial charge on any atom is 0.318 e. The lowest BCUT2D eigenvalue weighted by molar-refractivity contribution is 0.147. The largest absolute Gasteiger partial charge is 0.408 e. The fraction of sp³-hybridized carbons (Fsp3) is 0.667. The SMILES string of the molecule is Cc1cc(C[C@@H]2CN(c3nnc(C4CCC4)o3)C[C@H]2O)n[nH]1. The molecule has 0 amide bonds. The van der Waals surface area contributed by atoms with Gasteiger partial charge in [0.1, 0.15) is 0 Å². The number of nitrogens with zero attached hydrogens (tertiary/aromatic N) is 4. The molecule has 0 aromatic carbocycles. The summed E-state index contributed by atoms with van der Waals surface area (Å²) in [7, 11) is 0. The summed E-state index contributed by atoms with van der Waals surface area (Å²) in [6.07, 6.45) is 3.90. The van der Waals surface area contributed by atoms with E-state index in [9.17, 15) is 5.11 Å². The van der Waals surface area contributed by atoms with Gasteiger partial charge in [-0.3, -0.25) is 5.10 Å². The second-order valence-corrected chi connectivity index (χ2v) is 6.53. The topological polar surface area (TPSA) is 91.1 Å². The van der Waals surface area contributed by atoms with E-state index in [1.165, 1.54) is 6.42 Å². The molecule has 1 aliphatic heterocycles. The molecule has 118 valence electrons. The molecule has 2 N–H and O–H groups in total. The summed E-state index contributed by atoms with van der Waals surface area (Å²) in [4.78, 5) is 1.99. The number of hydrogen-bond acceptors (Lipinski definition) is 6. The Labute approximate surface area is 128 Å². The minimum absolute atomic E-state index is 0.141. The van der Waals surface area contributed by atoms with Crippen LogP contribution in [-0.2, 0) is 6.42 Å². The van der Waals surface area contributed by atoms with Gasteiger partial charge in [-0.15, -0.1) is 5.10 Å². The van der Waals surface area contributed by atoms with E-state index in [0.29, 0.717) is 18.5 Å². The molecule has 0 unspecified atom stereocenters. The number of hydrogen-bond donors (Lipinski definition) is 2. The van der Waals surface area contributed by atoms with Crippen molar-refractivity contribution in [1.82, 2.24) is 20.4 Å². The van der Waals surface area contributed by atoms with E-state index >= 15 is 0 Å². The van der Waals surface area contributed by atoms with Crippen molar-refractivity contribution in [3.8, 4) is 0 Å². The van der Waals surface area contributed by atoms with Crippen LogP contribution in [0.4, 0.5) is 6.01 Å². The number of aromatic nitrogens is 4. The van der Waals surface area contributed by atoms with Crippen LogP contribution < -0.4 is 4.90 Å². The van der Waals surface area contributed by atoms with Gasteiger partial charge >= 0.3 is 6.01 Å². The summed E-state index contributed by atoms with van der Waals surface area (Å²) in [5, 5.41) is 25.8. The fourth-order valence-electron chi connectivity index (χ4n) is 3.23. The van der Waals surface area contributed by atoms with Crippen LogP contribution in [0, 0.1) is 12.8 Å². The van der Waals surface area contributed by atoms with Gasteiger partial charge < -0.3 is 14.4 Å². The van der Waals surface area contributed by atoms with Crippen molar-refractivity contribution in [2.75, 3.05) is 18.0 Å². The van der Waals surface area contributed by atoms with E-state index in [2.05, 4.69) is 20.4 Å². The van der Waals surface area contributed by atoms with E-state index < -0.39 is 6.10 Å². The molecular weight excluding hydrogens is 282 g/mol. The van der Waals surface area contributed by atoms with E-state index in [1.54, 1.807) is 0 Å². The van der Waals surface area contributed by atoms with Crippen LogP contribution in [0.15, 0.2) is 10.5 Å². The lowest BCUT2D eigenvalue weighted by Gasteiger charge is -2.21. The predicted octanol–water partition coefficient (Wildman–Crippen LogP) is 1.41. The first-order chi connectivity index (χ1) is 10.7. The minimum Gasteiger partial charge on any atom is -0.408 e. The highest BCUT2D eigenvalue weighted by Gasteiger charge is 2.35. The van der Waals surface area contributed by atoms with Crippen molar-refractivity contribution in [2.45, 2.75) is 44.6 Å². The summed E-state index contributed by atoms with van der Waals surface area (Å²) < 4.78 is 5.79. The molecule has 1 saturated carbocycles. The van der Waals surface area contributed by atoms with Crippen LogP contribution in [0.2, 0.25) is 0 Å². The zero-order valence-electron chi connectivity index (χ0n) is 12.7. The van der Waals surface area contributed by atoms with Crippen molar-refractivity contribution >= 4 is 6.01 Å². The monoisotopic (exact) mass is 303 g/mol. The van der Waals surface area contributed by atoms with E-state index in [1.807, 2.05) is 17.9 Å². The molecule has 4 rings (SSSR count). The third-order valence-corrected chi connectivity index (χ3v) is 4.79. The Morgan fingerprint density at radius 1 is 1.36 bits per heavy atom. The number of aromatic amines is 1. The van der Waals surface area contributed by atoms with Gasteiger partial charge in [-0.2, -0.15) is 5.10 Å². The number of rotatable bonds is 4. The molecule has 2 atom stereocenters. The van der Waals surface area contributed by atoms with Gasteiger partial charge in [-0.25, -0.2) is 0 Å². The molecule has 1 saturated heterocycles. The van der Waals surface area contributed by atoms with Crippen LogP contribution >= 0.6 is 0 Å². The highest BCUT2D eigenvalue weighted by Crippen LogP contribution is 2.36. The Hall–Kier alpha value is -1.89. The molecule has 0 radical (unpaired) electrons. The second-order valence-electron chi connectivity index (χ2n) is 6.53. The lowest BCUT2D eigenvalue weighted by Crippen LogP contribution is -2.21. The third-order valence-electron chi connectivity index (χ3n) is 4.79. The molecule has 0 bridgehead atoms. The van der Waals surface area contributed by atoms with E-state index in [0.717, 1.165) is 43.1 Å². The smallest absolute Gasteiger partial charge is 0.318 e. The molecule has 0 spiro atoms. The van der Waals surface area contributed by atoms with Crippen molar-refractivity contribution in [3.05, 3.63) is 23.3 Å². The average Bonchev–Trinajstić information content (AvgIpc) is 3.11. The van der Waals surface area contributed by atoms with Crippen molar-refractivity contribution in [2.24, 2.45) is 5.92 Å². The Bertz CT molecular complexity index is 648. The molecule has 2 fully saturated rings. The summed E-state index contributed by atoms with van der Waals surface area (Å²) in [5.74, 6) is 1.33. The average molecular weight is 303 g/mol. The Morgan fingerprint density at radius 2 is 2.23 bits per heavy atom. The lowest BCUT2D eigenvalue weighted by atomic mass is 9.85. The molecule has 3 heterocycles. The quantitative estimate of drug-likeness (QED) is 0.887. The van der Waals surface area contributed by atoms with Crippen LogP contribution in [0.25, 0.3) is 0 Å². The number of anilines is 1. The second kappa shape index (κ2) is 5.39. The maximum atomic E-state index is 10.3. The van der Waals surface area contributed by atoms with E-state index in [-0.39, 0.29) is 5.92 Å². The van der Waals surface area contributed by atoms with Gasteiger partial charge in [-0.05, 0) is 32.3 Å². The van der Waals surface area contributed by atoms with Crippen molar-refractivity contribution in [1.29, 1.82) is 0 Å². The number of aliphatic hydroxyl groups excluding tert-OH is 1. The van der Waals surface area contributed by atoms with Crippen LogP contribution in [-0.4, -0.2) is 44.7 Å².